The van der Waals surface area contributed by atoms with Crippen molar-refractivity contribution in [2.75, 3.05) is 0 Å². The van der Waals surface area contributed by atoms with Gasteiger partial charge in [-0.25, -0.2) is 0 Å². The molecule has 0 unspecified atom stereocenters. The maximum Gasteiger partial charge on any atom is 0.280 e. The van der Waals surface area contributed by atoms with E-state index < -0.39 is 4.92 Å². The standard InChI is InChI=1S/C9H9NO3.C3H8/c1-2-9(11)7-5-3-4-6-8(7)10(12)13;1-3-2/h3-6H,2H2,1H3;3H2,1-2H3. The number of hydrogen-bond acceptors (Lipinski definition) is 3. The molecule has 0 saturated carbocycles. The van der Waals surface area contributed by atoms with Crippen LogP contribution in [0, 0.1) is 10.1 Å². The monoisotopic (exact) mass is 223 g/mol. The maximum atomic E-state index is 11.2. The van der Waals surface area contributed by atoms with Gasteiger partial charge in [-0.1, -0.05) is 39.3 Å². The van der Waals surface area contributed by atoms with Gasteiger partial charge in [-0.05, 0) is 6.07 Å². The van der Waals surface area contributed by atoms with Gasteiger partial charge in [-0.15, -0.1) is 0 Å². The molecule has 0 atom stereocenters. The Balaban J connectivity index is 0.000000673. The van der Waals surface area contributed by atoms with Gasteiger partial charge in [0.25, 0.3) is 5.69 Å². The van der Waals surface area contributed by atoms with Crippen LogP contribution in [0.15, 0.2) is 24.3 Å². The summed E-state index contributed by atoms with van der Waals surface area (Å²) < 4.78 is 0. The summed E-state index contributed by atoms with van der Waals surface area (Å²) in [4.78, 5) is 21.2. The Morgan fingerprint density at radius 1 is 1.25 bits per heavy atom. The highest BCUT2D eigenvalue weighted by atomic mass is 16.6. The lowest BCUT2D eigenvalue weighted by atomic mass is 10.1. The number of para-hydroxylation sites is 1. The first-order valence-electron chi connectivity index (χ1n) is 5.35. The number of nitrogens with zero attached hydrogens (tertiary/aromatic N) is 1. The van der Waals surface area contributed by atoms with Crippen molar-refractivity contribution in [1.29, 1.82) is 0 Å². The molecule has 16 heavy (non-hydrogen) atoms. The molecule has 1 aromatic carbocycles. The van der Waals surface area contributed by atoms with Crippen LogP contribution >= 0.6 is 0 Å². The summed E-state index contributed by atoms with van der Waals surface area (Å²) >= 11 is 0. The second-order valence-corrected chi connectivity index (χ2v) is 3.26. The van der Waals surface area contributed by atoms with E-state index in [0.29, 0.717) is 0 Å². The third kappa shape index (κ3) is 4.21. The van der Waals surface area contributed by atoms with Gasteiger partial charge in [0.2, 0.25) is 0 Å². The fraction of sp³-hybridized carbons (Fsp3) is 0.417. The molecule has 0 fully saturated rings. The van der Waals surface area contributed by atoms with Gasteiger partial charge in [-0.2, -0.15) is 0 Å². The van der Waals surface area contributed by atoms with Crippen LogP contribution < -0.4 is 0 Å². The highest BCUT2D eigenvalue weighted by Gasteiger charge is 2.16. The Kier molecular flexibility index (Phi) is 6.76. The molecule has 1 rings (SSSR count). The van der Waals surface area contributed by atoms with E-state index >= 15 is 0 Å². The van der Waals surface area contributed by atoms with E-state index in [1.54, 1.807) is 19.1 Å². The van der Waals surface area contributed by atoms with Crippen molar-refractivity contribution in [2.45, 2.75) is 33.6 Å². The van der Waals surface area contributed by atoms with E-state index in [2.05, 4.69) is 13.8 Å². The number of rotatable bonds is 3. The summed E-state index contributed by atoms with van der Waals surface area (Å²) in [6.07, 6.45) is 1.53. The molecule has 0 aliphatic rings. The highest BCUT2D eigenvalue weighted by Crippen LogP contribution is 2.18. The zero-order valence-corrected chi connectivity index (χ0v) is 9.90. The van der Waals surface area contributed by atoms with Crippen LogP contribution in [-0.2, 0) is 0 Å². The van der Waals surface area contributed by atoms with Crippen LogP contribution in [0.25, 0.3) is 0 Å². The number of nitro benzene ring substituents is 1. The van der Waals surface area contributed by atoms with Crippen LogP contribution in [-0.4, -0.2) is 10.7 Å². The van der Waals surface area contributed by atoms with Crippen molar-refractivity contribution in [3.63, 3.8) is 0 Å². The molecular weight excluding hydrogens is 206 g/mol. The number of hydrogen-bond donors (Lipinski definition) is 0. The summed E-state index contributed by atoms with van der Waals surface area (Å²) in [6.45, 7) is 5.93. The van der Waals surface area contributed by atoms with Gasteiger partial charge >= 0.3 is 0 Å². The largest absolute Gasteiger partial charge is 0.294 e. The fourth-order valence-electron chi connectivity index (χ4n) is 1.06. The van der Waals surface area contributed by atoms with Gasteiger partial charge in [-0.3, -0.25) is 14.9 Å². The Morgan fingerprint density at radius 3 is 2.19 bits per heavy atom. The van der Waals surface area contributed by atoms with Gasteiger partial charge in [0.05, 0.1) is 10.5 Å². The molecule has 0 aliphatic carbocycles. The zero-order chi connectivity index (χ0) is 12.6. The highest BCUT2D eigenvalue weighted by molar-refractivity contribution is 5.99. The minimum absolute atomic E-state index is 0.116. The summed E-state index contributed by atoms with van der Waals surface area (Å²) in [5.74, 6) is -0.202. The number of carbonyl (C=O) groups is 1. The summed E-state index contributed by atoms with van der Waals surface area (Å²) in [6, 6.07) is 5.98. The van der Waals surface area contributed by atoms with Crippen LogP contribution in [0.4, 0.5) is 5.69 Å². The number of carbonyl (C=O) groups excluding carboxylic acids is 1. The molecule has 1 aromatic rings. The molecule has 0 amide bonds. The molecule has 4 heteroatoms. The predicted molar refractivity (Wildman–Crippen MR) is 63.7 cm³/mol. The lowest BCUT2D eigenvalue weighted by Gasteiger charge is -1.98. The lowest BCUT2D eigenvalue weighted by Crippen LogP contribution is -2.01. The average Bonchev–Trinajstić information content (AvgIpc) is 2.29. The Hall–Kier alpha value is -1.71. The minimum atomic E-state index is -0.539. The smallest absolute Gasteiger partial charge is 0.280 e. The van der Waals surface area contributed by atoms with Crippen molar-refractivity contribution in [3.8, 4) is 0 Å². The molecule has 0 N–H and O–H groups in total. The first kappa shape index (κ1) is 14.3. The SMILES string of the molecule is CCC.CCC(=O)c1ccccc1[N+](=O)[O-]. The van der Waals surface area contributed by atoms with E-state index in [1.807, 2.05) is 0 Å². The Morgan fingerprint density at radius 2 is 1.75 bits per heavy atom. The quantitative estimate of drug-likeness (QED) is 0.447. The van der Waals surface area contributed by atoms with Crippen LogP contribution in [0.1, 0.15) is 44.0 Å². The topological polar surface area (TPSA) is 60.2 Å². The van der Waals surface area contributed by atoms with E-state index in [0.717, 1.165) is 0 Å². The average molecular weight is 223 g/mol. The van der Waals surface area contributed by atoms with Gasteiger partial charge in [0, 0.05) is 12.5 Å². The van der Waals surface area contributed by atoms with Gasteiger partial charge < -0.3 is 0 Å². The van der Waals surface area contributed by atoms with Crippen molar-refractivity contribution in [3.05, 3.63) is 39.9 Å². The second kappa shape index (κ2) is 7.56. The molecular formula is C12H17NO3. The summed E-state index contributed by atoms with van der Waals surface area (Å²) in [5, 5.41) is 10.5. The normalized spacial score (nSPS) is 8.94. The van der Waals surface area contributed by atoms with Crippen molar-refractivity contribution in [1.82, 2.24) is 0 Å². The predicted octanol–water partition coefficient (Wildman–Crippen LogP) is 3.60. The van der Waals surface area contributed by atoms with Crippen LogP contribution in [0.2, 0.25) is 0 Å². The number of Topliss-reactive ketones (excluding diaryl/α,β-unsaturated/α-hetero) is 1. The van der Waals surface area contributed by atoms with Crippen molar-refractivity contribution in [2.24, 2.45) is 0 Å². The molecule has 0 radical (unpaired) electrons. The first-order chi connectivity index (χ1) is 7.58. The first-order valence-corrected chi connectivity index (χ1v) is 5.35. The molecule has 0 spiro atoms. The molecule has 4 nitrogen and oxygen atoms in total. The maximum absolute atomic E-state index is 11.2. The Bertz CT molecular complexity index is 361. The molecule has 0 bridgehead atoms. The lowest BCUT2D eigenvalue weighted by molar-refractivity contribution is -0.385. The zero-order valence-electron chi connectivity index (χ0n) is 9.90. The van der Waals surface area contributed by atoms with Crippen LogP contribution in [0.3, 0.4) is 0 Å². The molecule has 88 valence electrons. The molecule has 0 aromatic heterocycles. The third-order valence-corrected chi connectivity index (χ3v) is 1.72. The number of ketones is 1. The molecule has 0 heterocycles. The second-order valence-electron chi connectivity index (χ2n) is 3.26. The van der Waals surface area contributed by atoms with Crippen molar-refractivity contribution < 1.29 is 9.72 Å². The van der Waals surface area contributed by atoms with Crippen LogP contribution in [0.5, 0.6) is 0 Å². The summed E-state index contributed by atoms with van der Waals surface area (Å²) in [5.41, 5.74) is 0.0735. The summed E-state index contributed by atoms with van der Waals surface area (Å²) in [7, 11) is 0. The Labute approximate surface area is 95.4 Å². The van der Waals surface area contributed by atoms with Gasteiger partial charge in [0.15, 0.2) is 5.78 Å². The van der Waals surface area contributed by atoms with E-state index in [9.17, 15) is 14.9 Å². The van der Waals surface area contributed by atoms with E-state index in [1.165, 1.54) is 18.6 Å². The molecule has 0 aliphatic heterocycles. The number of benzene rings is 1. The minimum Gasteiger partial charge on any atom is -0.294 e. The molecule has 0 saturated heterocycles. The third-order valence-electron chi connectivity index (χ3n) is 1.72. The van der Waals surface area contributed by atoms with E-state index in [4.69, 9.17) is 0 Å². The number of nitro groups is 1. The van der Waals surface area contributed by atoms with Crippen molar-refractivity contribution >= 4 is 11.5 Å². The van der Waals surface area contributed by atoms with E-state index in [-0.39, 0.29) is 23.5 Å². The van der Waals surface area contributed by atoms with Gasteiger partial charge in [0.1, 0.15) is 0 Å². The fourth-order valence-corrected chi connectivity index (χ4v) is 1.06.